The number of aromatic nitrogens is 2. The Hall–Kier alpha value is -3.03. The minimum atomic E-state index is -0.515. The average Bonchev–Trinajstić information content (AvgIpc) is 2.61. The van der Waals surface area contributed by atoms with Crippen molar-refractivity contribution in [3.05, 3.63) is 56.4 Å². The van der Waals surface area contributed by atoms with Crippen LogP contribution in [0, 0.1) is 0 Å². The van der Waals surface area contributed by atoms with Crippen LogP contribution >= 0.6 is 0 Å². The van der Waals surface area contributed by atoms with Crippen LogP contribution in [0.2, 0.25) is 0 Å². The highest BCUT2D eigenvalue weighted by atomic mass is 16.6. The second-order valence-corrected chi connectivity index (χ2v) is 5.85. The minimum Gasteiger partial charge on any atom is -0.486 e. The molecule has 3 rings (SSSR count). The molecule has 1 aromatic carbocycles. The highest BCUT2D eigenvalue weighted by Crippen LogP contribution is 2.32. The second-order valence-electron chi connectivity index (χ2n) is 5.85. The number of rotatable bonds is 4. The number of aromatic amines is 1. The van der Waals surface area contributed by atoms with Gasteiger partial charge in [-0.05, 0) is 24.6 Å². The Kier molecular flexibility index (Phi) is 4.60. The van der Waals surface area contributed by atoms with Crippen LogP contribution in [0.1, 0.15) is 24.1 Å². The van der Waals surface area contributed by atoms with E-state index >= 15 is 0 Å². The van der Waals surface area contributed by atoms with Crippen LogP contribution in [0.15, 0.2) is 34.0 Å². The smallest absolute Gasteiger partial charge is 0.328 e. The molecule has 1 aliphatic heterocycles. The van der Waals surface area contributed by atoms with E-state index in [4.69, 9.17) is 9.47 Å². The van der Waals surface area contributed by atoms with Gasteiger partial charge in [0, 0.05) is 18.8 Å². The van der Waals surface area contributed by atoms with Gasteiger partial charge in [0.05, 0.1) is 12.5 Å². The maximum Gasteiger partial charge on any atom is 0.328 e. The molecular weight excluding hydrogens is 326 g/mol. The van der Waals surface area contributed by atoms with Crippen molar-refractivity contribution in [2.75, 3.05) is 13.2 Å². The summed E-state index contributed by atoms with van der Waals surface area (Å²) in [6, 6.07) is 5.23. The molecule has 0 saturated heterocycles. The second kappa shape index (κ2) is 6.84. The number of carbonyl (C=O) groups is 1. The maximum absolute atomic E-state index is 12.2. The quantitative estimate of drug-likeness (QED) is 0.828. The van der Waals surface area contributed by atoms with E-state index in [0.717, 1.165) is 10.1 Å². The Bertz CT molecular complexity index is 915. The lowest BCUT2D eigenvalue weighted by atomic mass is 10.1. The molecule has 0 bridgehead atoms. The number of hydrogen-bond acceptors (Lipinski definition) is 5. The zero-order valence-corrected chi connectivity index (χ0v) is 14.0. The van der Waals surface area contributed by atoms with Gasteiger partial charge in [-0.15, -0.1) is 0 Å². The molecule has 8 heteroatoms. The molecule has 0 saturated carbocycles. The molecule has 8 nitrogen and oxygen atoms in total. The summed E-state index contributed by atoms with van der Waals surface area (Å²) in [5.41, 5.74) is 0.102. The maximum atomic E-state index is 12.2. The van der Waals surface area contributed by atoms with Crippen molar-refractivity contribution < 1.29 is 14.3 Å². The number of amides is 1. The molecule has 1 atom stereocenters. The van der Waals surface area contributed by atoms with Crippen LogP contribution in [-0.2, 0) is 18.3 Å². The van der Waals surface area contributed by atoms with Crippen LogP contribution in [-0.4, -0.2) is 28.7 Å². The Labute approximate surface area is 143 Å². The van der Waals surface area contributed by atoms with Crippen LogP contribution in [0.5, 0.6) is 11.5 Å². The lowest BCUT2D eigenvalue weighted by molar-refractivity contribution is -0.121. The zero-order chi connectivity index (χ0) is 18.0. The molecule has 2 aromatic rings. The van der Waals surface area contributed by atoms with E-state index in [2.05, 4.69) is 10.3 Å². The number of benzene rings is 1. The van der Waals surface area contributed by atoms with Gasteiger partial charge in [0.1, 0.15) is 13.2 Å². The normalized spacial score (nSPS) is 14.0. The molecule has 25 heavy (non-hydrogen) atoms. The van der Waals surface area contributed by atoms with Gasteiger partial charge in [-0.1, -0.05) is 6.07 Å². The number of nitrogens with one attached hydrogen (secondary N) is 2. The molecule has 2 N–H and O–H groups in total. The molecule has 0 radical (unpaired) electrons. The van der Waals surface area contributed by atoms with Crippen LogP contribution in [0.4, 0.5) is 0 Å². The molecule has 0 aliphatic carbocycles. The molecule has 0 fully saturated rings. The molecule has 132 valence electrons. The Morgan fingerprint density at radius 3 is 2.76 bits per heavy atom. The monoisotopic (exact) mass is 345 g/mol. The summed E-state index contributed by atoms with van der Waals surface area (Å²) < 4.78 is 12.0. The molecule has 1 aliphatic rings. The van der Waals surface area contributed by atoms with E-state index in [9.17, 15) is 14.4 Å². The largest absolute Gasteiger partial charge is 0.486 e. The summed E-state index contributed by atoms with van der Waals surface area (Å²) in [6.45, 7) is 2.85. The van der Waals surface area contributed by atoms with Gasteiger partial charge in [0.15, 0.2) is 11.5 Å². The fraction of sp³-hybridized carbons (Fsp3) is 0.353. The van der Waals surface area contributed by atoms with Crippen LogP contribution < -0.4 is 26.0 Å². The highest BCUT2D eigenvalue weighted by Gasteiger charge is 2.17. The molecule has 1 amide bonds. The van der Waals surface area contributed by atoms with Crippen molar-refractivity contribution in [1.82, 2.24) is 14.9 Å². The van der Waals surface area contributed by atoms with Crippen molar-refractivity contribution in [2.45, 2.75) is 19.4 Å². The summed E-state index contributed by atoms with van der Waals surface area (Å²) in [5.74, 6) is 1.02. The van der Waals surface area contributed by atoms with Crippen molar-refractivity contribution in [3.8, 4) is 11.5 Å². The van der Waals surface area contributed by atoms with Crippen molar-refractivity contribution in [2.24, 2.45) is 7.05 Å². The molecular formula is C17H19N3O5. The third-order valence-electron chi connectivity index (χ3n) is 4.05. The highest BCUT2D eigenvalue weighted by molar-refractivity contribution is 5.78. The molecule has 0 spiro atoms. The van der Waals surface area contributed by atoms with E-state index in [0.29, 0.717) is 24.7 Å². The van der Waals surface area contributed by atoms with Crippen molar-refractivity contribution in [3.63, 3.8) is 0 Å². The van der Waals surface area contributed by atoms with E-state index < -0.39 is 11.2 Å². The summed E-state index contributed by atoms with van der Waals surface area (Å²) in [7, 11) is 1.36. The number of carbonyl (C=O) groups excluding carboxylic acids is 1. The molecule has 2 heterocycles. The standard InChI is InChI=1S/C17H19N3O5/c1-10(11-3-4-13-14(7-11)25-6-5-24-13)19-15(21)8-12-9-18-17(23)20(2)16(12)22/h3-4,7,9-10H,5-6,8H2,1-2H3,(H,18,23)(H,19,21)/t10-/m1/s1. The van der Waals surface area contributed by atoms with Crippen LogP contribution in [0.3, 0.4) is 0 Å². The SMILES string of the molecule is C[C@@H](NC(=O)Cc1c[nH]c(=O)n(C)c1=O)c1ccc2c(c1)OCCO2. The lowest BCUT2D eigenvalue weighted by Gasteiger charge is -2.21. The Morgan fingerprint density at radius 2 is 2.00 bits per heavy atom. The van der Waals surface area contributed by atoms with E-state index in [1.807, 2.05) is 25.1 Å². The van der Waals surface area contributed by atoms with Gasteiger partial charge in [-0.25, -0.2) is 4.79 Å². The number of H-pyrrole nitrogens is 1. The average molecular weight is 345 g/mol. The lowest BCUT2D eigenvalue weighted by Crippen LogP contribution is -2.37. The first kappa shape index (κ1) is 16.8. The van der Waals surface area contributed by atoms with Gasteiger partial charge < -0.3 is 19.8 Å². The predicted octanol–water partition coefficient (Wildman–Crippen LogP) is 0.265. The number of hydrogen-bond donors (Lipinski definition) is 2. The van der Waals surface area contributed by atoms with Gasteiger partial charge in [-0.2, -0.15) is 0 Å². The van der Waals surface area contributed by atoms with E-state index in [1.165, 1.54) is 13.2 Å². The van der Waals surface area contributed by atoms with Crippen molar-refractivity contribution >= 4 is 5.91 Å². The number of ether oxygens (including phenoxy) is 2. The minimum absolute atomic E-state index is 0.113. The number of fused-ring (bicyclic) bond motifs is 1. The first-order valence-corrected chi connectivity index (χ1v) is 7.92. The van der Waals surface area contributed by atoms with Crippen LogP contribution in [0.25, 0.3) is 0 Å². The first-order valence-electron chi connectivity index (χ1n) is 7.92. The van der Waals surface area contributed by atoms with Gasteiger partial charge in [-0.3, -0.25) is 14.2 Å². The van der Waals surface area contributed by atoms with E-state index in [-0.39, 0.29) is 23.9 Å². The van der Waals surface area contributed by atoms with Gasteiger partial charge in [0.2, 0.25) is 5.91 Å². The van der Waals surface area contributed by atoms with E-state index in [1.54, 1.807) is 0 Å². The fourth-order valence-electron chi connectivity index (χ4n) is 2.62. The Balaban J connectivity index is 1.70. The molecule has 1 aromatic heterocycles. The Morgan fingerprint density at radius 1 is 1.28 bits per heavy atom. The van der Waals surface area contributed by atoms with Crippen molar-refractivity contribution in [1.29, 1.82) is 0 Å². The summed E-state index contributed by atoms with van der Waals surface area (Å²) >= 11 is 0. The summed E-state index contributed by atoms with van der Waals surface area (Å²) in [5, 5.41) is 2.84. The third-order valence-corrected chi connectivity index (χ3v) is 4.05. The van der Waals surface area contributed by atoms with Gasteiger partial charge in [0.25, 0.3) is 5.56 Å². The van der Waals surface area contributed by atoms with Gasteiger partial charge >= 0.3 is 5.69 Å². The number of nitrogens with zero attached hydrogens (tertiary/aromatic N) is 1. The fourth-order valence-corrected chi connectivity index (χ4v) is 2.62. The third kappa shape index (κ3) is 3.57. The first-order chi connectivity index (χ1) is 12.0. The predicted molar refractivity (Wildman–Crippen MR) is 90.0 cm³/mol. The summed E-state index contributed by atoms with van der Waals surface area (Å²) in [6.07, 6.45) is 1.16. The zero-order valence-electron chi connectivity index (χ0n) is 14.0. The topological polar surface area (TPSA) is 102 Å². The molecule has 0 unspecified atom stereocenters. The summed E-state index contributed by atoms with van der Waals surface area (Å²) in [4.78, 5) is 38.0.